The average Bonchev–Trinajstić information content (AvgIpc) is 3.05. The zero-order valence-electron chi connectivity index (χ0n) is 13.0. The van der Waals surface area contributed by atoms with Crippen molar-refractivity contribution in [3.8, 4) is 5.75 Å². The maximum Gasteiger partial charge on any atom is 0.307 e. The number of carboxylic acid groups (broad SMARTS) is 1. The summed E-state index contributed by atoms with van der Waals surface area (Å²) in [5.74, 6) is -0.181. The average molecular weight is 304 g/mol. The maximum absolute atomic E-state index is 11.2. The molecule has 0 bridgehead atoms. The Morgan fingerprint density at radius 2 is 2.09 bits per heavy atom. The van der Waals surface area contributed by atoms with E-state index < -0.39 is 5.97 Å². The van der Waals surface area contributed by atoms with Crippen LogP contribution in [0.3, 0.4) is 0 Å². The lowest BCUT2D eigenvalue weighted by atomic mass is 9.97. The molecule has 22 heavy (non-hydrogen) atoms. The Morgan fingerprint density at radius 3 is 2.73 bits per heavy atom. The van der Waals surface area contributed by atoms with E-state index in [9.17, 15) is 9.90 Å². The summed E-state index contributed by atoms with van der Waals surface area (Å²) in [6, 6.07) is 6.27. The number of nitrogens with zero attached hydrogens (tertiary/aromatic N) is 1. The van der Waals surface area contributed by atoms with Crippen molar-refractivity contribution < 1.29 is 14.6 Å². The molecule has 2 fully saturated rings. The third-order valence-electron chi connectivity index (χ3n) is 4.79. The van der Waals surface area contributed by atoms with Crippen molar-refractivity contribution in [2.24, 2.45) is 5.92 Å². The molecule has 0 amide bonds. The van der Waals surface area contributed by atoms with Gasteiger partial charge in [-0.2, -0.15) is 0 Å². The van der Waals surface area contributed by atoms with Crippen molar-refractivity contribution in [1.29, 1.82) is 0 Å². The molecule has 2 N–H and O–H groups in total. The van der Waals surface area contributed by atoms with Crippen LogP contribution in [0.4, 0.5) is 5.69 Å². The predicted molar refractivity (Wildman–Crippen MR) is 85.5 cm³/mol. The van der Waals surface area contributed by atoms with Gasteiger partial charge in [0.2, 0.25) is 0 Å². The molecule has 5 nitrogen and oxygen atoms in total. The molecule has 0 aliphatic carbocycles. The van der Waals surface area contributed by atoms with Crippen LogP contribution >= 0.6 is 0 Å². The lowest BCUT2D eigenvalue weighted by Crippen LogP contribution is -2.31. The first-order valence-corrected chi connectivity index (χ1v) is 8.08. The second kappa shape index (κ2) is 6.57. The number of piperidine rings is 1. The summed E-state index contributed by atoms with van der Waals surface area (Å²) in [5, 5.41) is 12.6. The Labute approximate surface area is 131 Å². The van der Waals surface area contributed by atoms with Gasteiger partial charge in [-0.3, -0.25) is 4.79 Å². The first kappa shape index (κ1) is 15.2. The van der Waals surface area contributed by atoms with Crippen LogP contribution in [0.5, 0.6) is 5.75 Å². The Kier molecular flexibility index (Phi) is 4.52. The summed E-state index contributed by atoms with van der Waals surface area (Å²) < 4.78 is 5.37. The first-order valence-electron chi connectivity index (χ1n) is 8.08. The molecule has 3 rings (SSSR count). The smallest absolute Gasteiger partial charge is 0.307 e. The van der Waals surface area contributed by atoms with E-state index in [2.05, 4.69) is 22.3 Å². The van der Waals surface area contributed by atoms with Crippen LogP contribution < -0.4 is 15.0 Å². The van der Waals surface area contributed by atoms with Crippen LogP contribution in [-0.2, 0) is 4.79 Å². The van der Waals surface area contributed by atoms with E-state index in [0.717, 1.165) is 18.8 Å². The summed E-state index contributed by atoms with van der Waals surface area (Å²) in [4.78, 5) is 13.6. The van der Waals surface area contributed by atoms with Gasteiger partial charge in [-0.25, -0.2) is 0 Å². The van der Waals surface area contributed by atoms with Crippen LogP contribution in [0, 0.1) is 5.92 Å². The summed E-state index contributed by atoms with van der Waals surface area (Å²) in [6.07, 6.45) is 4.39. The molecule has 2 aliphatic rings. The van der Waals surface area contributed by atoms with E-state index in [1.165, 1.54) is 30.5 Å². The normalized spacial score (nSPS) is 25.2. The summed E-state index contributed by atoms with van der Waals surface area (Å²) in [5.41, 5.74) is 2.40. The summed E-state index contributed by atoms with van der Waals surface area (Å²) in [6.45, 7) is 2.69. The molecular weight excluding hydrogens is 280 g/mol. The number of hydrogen-bond donors (Lipinski definition) is 2. The van der Waals surface area contributed by atoms with Gasteiger partial charge in [-0.15, -0.1) is 0 Å². The quantitative estimate of drug-likeness (QED) is 0.894. The number of anilines is 1. The molecule has 2 unspecified atom stereocenters. The fourth-order valence-corrected chi connectivity index (χ4v) is 3.52. The summed E-state index contributed by atoms with van der Waals surface area (Å²) in [7, 11) is 1.67. The molecule has 0 aromatic heterocycles. The third kappa shape index (κ3) is 3.04. The molecule has 2 atom stereocenters. The minimum atomic E-state index is -0.711. The topological polar surface area (TPSA) is 61.8 Å². The highest BCUT2D eigenvalue weighted by Gasteiger charge is 2.32. The zero-order chi connectivity index (χ0) is 15.5. The number of carbonyl (C=O) groups is 1. The molecule has 1 aromatic rings. The Balaban J connectivity index is 1.88. The van der Waals surface area contributed by atoms with Crippen molar-refractivity contribution in [3.63, 3.8) is 0 Å². The van der Waals surface area contributed by atoms with Crippen LogP contribution in [0.25, 0.3) is 0 Å². The monoisotopic (exact) mass is 304 g/mol. The van der Waals surface area contributed by atoms with E-state index >= 15 is 0 Å². The van der Waals surface area contributed by atoms with E-state index in [1.54, 1.807) is 7.11 Å². The van der Waals surface area contributed by atoms with Crippen molar-refractivity contribution in [2.75, 3.05) is 31.6 Å². The minimum Gasteiger partial charge on any atom is -0.497 e. The molecule has 1 aromatic carbocycles. The van der Waals surface area contributed by atoms with E-state index in [-0.39, 0.29) is 12.0 Å². The van der Waals surface area contributed by atoms with Gasteiger partial charge >= 0.3 is 5.97 Å². The molecule has 2 aliphatic heterocycles. The molecular formula is C17H24N2O3. The van der Waals surface area contributed by atoms with Gasteiger partial charge in [0.15, 0.2) is 0 Å². The highest BCUT2D eigenvalue weighted by atomic mass is 16.5. The molecule has 0 saturated carbocycles. The SMILES string of the molecule is COc1ccc(N2CCCCC2)c(C2CC(C(=O)O)CN2)c1. The van der Waals surface area contributed by atoms with Crippen LogP contribution in [0.1, 0.15) is 37.3 Å². The standard InChI is InChI=1S/C17H24N2O3/c1-22-13-5-6-16(19-7-3-2-4-8-19)14(10-13)15-9-12(11-18-15)17(20)21/h5-6,10,12,15,18H,2-4,7-9,11H2,1H3,(H,20,21). The number of rotatable bonds is 4. The lowest BCUT2D eigenvalue weighted by Gasteiger charge is -2.32. The molecule has 0 spiro atoms. The number of aliphatic carboxylic acids is 1. The van der Waals surface area contributed by atoms with Gasteiger partial charge in [-0.05, 0) is 49.4 Å². The largest absolute Gasteiger partial charge is 0.497 e. The molecule has 0 radical (unpaired) electrons. The number of nitrogens with one attached hydrogen (secondary N) is 1. The Hall–Kier alpha value is -1.75. The highest BCUT2D eigenvalue weighted by Crippen LogP contribution is 2.37. The van der Waals surface area contributed by atoms with Gasteiger partial charge in [0.1, 0.15) is 5.75 Å². The molecule has 2 heterocycles. The van der Waals surface area contributed by atoms with Gasteiger partial charge in [0, 0.05) is 31.4 Å². The third-order valence-corrected chi connectivity index (χ3v) is 4.79. The van der Waals surface area contributed by atoms with Crippen molar-refractivity contribution >= 4 is 11.7 Å². The van der Waals surface area contributed by atoms with Gasteiger partial charge < -0.3 is 20.1 Å². The van der Waals surface area contributed by atoms with E-state index in [1.807, 2.05) is 6.07 Å². The number of methoxy groups -OCH3 is 1. The number of carboxylic acids is 1. The predicted octanol–water partition coefficient (Wildman–Crippen LogP) is 2.42. The van der Waals surface area contributed by atoms with E-state index in [4.69, 9.17) is 4.74 Å². The molecule has 5 heteroatoms. The van der Waals surface area contributed by atoms with Crippen molar-refractivity contribution in [3.05, 3.63) is 23.8 Å². The lowest BCUT2D eigenvalue weighted by molar-refractivity contribution is -0.141. The van der Waals surface area contributed by atoms with Gasteiger partial charge in [0.05, 0.1) is 13.0 Å². The first-order chi connectivity index (χ1) is 10.7. The highest BCUT2D eigenvalue weighted by molar-refractivity contribution is 5.71. The molecule has 2 saturated heterocycles. The maximum atomic E-state index is 11.2. The molecule has 120 valence electrons. The van der Waals surface area contributed by atoms with Gasteiger partial charge in [-0.1, -0.05) is 0 Å². The van der Waals surface area contributed by atoms with Crippen molar-refractivity contribution in [2.45, 2.75) is 31.7 Å². The van der Waals surface area contributed by atoms with Crippen LogP contribution in [0.15, 0.2) is 18.2 Å². The second-order valence-corrected chi connectivity index (χ2v) is 6.20. The second-order valence-electron chi connectivity index (χ2n) is 6.20. The van der Waals surface area contributed by atoms with E-state index in [0.29, 0.717) is 13.0 Å². The number of benzene rings is 1. The van der Waals surface area contributed by atoms with Crippen molar-refractivity contribution in [1.82, 2.24) is 5.32 Å². The number of ether oxygens (including phenoxy) is 1. The van der Waals surface area contributed by atoms with Crippen LogP contribution in [0.2, 0.25) is 0 Å². The van der Waals surface area contributed by atoms with Crippen LogP contribution in [-0.4, -0.2) is 37.8 Å². The fraction of sp³-hybridized carbons (Fsp3) is 0.588. The Bertz CT molecular complexity index is 541. The zero-order valence-corrected chi connectivity index (χ0v) is 13.0. The van der Waals surface area contributed by atoms with Gasteiger partial charge in [0.25, 0.3) is 0 Å². The number of hydrogen-bond acceptors (Lipinski definition) is 4. The summed E-state index contributed by atoms with van der Waals surface area (Å²) >= 11 is 0. The fourth-order valence-electron chi connectivity index (χ4n) is 3.52. The minimum absolute atomic E-state index is 0.0909. The Morgan fingerprint density at radius 1 is 1.32 bits per heavy atom.